The average Bonchev–Trinajstić information content (AvgIpc) is 2.48. The number of rotatable bonds is 0. The van der Waals surface area contributed by atoms with Crippen molar-refractivity contribution in [2.45, 2.75) is 72.0 Å². The first-order valence-corrected chi connectivity index (χ1v) is 11.9. The number of aliphatic hydroxyl groups is 1. The van der Waals surface area contributed by atoms with Crippen molar-refractivity contribution in [3.63, 3.8) is 0 Å². The molecule has 0 amide bonds. The highest BCUT2D eigenvalue weighted by Crippen LogP contribution is 2.68. The fraction of sp³-hybridized carbons (Fsp3) is 0.818. The molecule has 0 spiro atoms. The topological polar surface area (TPSA) is 54.4 Å². The number of fused-ring (bicyclic) bond motifs is 5. The summed E-state index contributed by atoms with van der Waals surface area (Å²) in [6, 6.07) is 0. The summed E-state index contributed by atoms with van der Waals surface area (Å²) >= 11 is 0. The van der Waals surface area contributed by atoms with Gasteiger partial charge in [-0.05, 0) is 66.8 Å². The molecular weight excluding hydrogens is 344 g/mol. The van der Waals surface area contributed by atoms with Gasteiger partial charge in [0.15, 0.2) is 9.84 Å². The molecule has 6 atom stereocenters. The van der Waals surface area contributed by atoms with E-state index < -0.39 is 15.1 Å². The monoisotopic (exact) mass is 378 g/mol. The number of sulfone groups is 1. The zero-order chi connectivity index (χ0) is 19.1. The third-order valence-electron chi connectivity index (χ3n) is 8.81. The van der Waals surface area contributed by atoms with Crippen LogP contribution in [0.5, 0.6) is 0 Å². The van der Waals surface area contributed by atoms with E-state index in [0.29, 0.717) is 11.7 Å². The highest BCUT2D eigenvalue weighted by Gasteiger charge is 2.65. The first kappa shape index (κ1) is 18.6. The van der Waals surface area contributed by atoms with Gasteiger partial charge in [-0.3, -0.25) is 0 Å². The Kier molecular flexibility index (Phi) is 3.86. The van der Waals surface area contributed by atoms with Gasteiger partial charge in [-0.15, -0.1) is 0 Å². The summed E-state index contributed by atoms with van der Waals surface area (Å²) in [5, 5.41) is 10.3. The standard InChI is InChI=1S/C22H34O3S/c1-14-11-15(23)19-16(12-14)26(24,25)13-18-21(4)9-6-8-20(2,3)17(21)7-10-22(18,19)5/h11-12,16-19,23H,6-10,13H2,1-5H3/t16?,17-,18+,19?,21-,22+/m0/s1. The van der Waals surface area contributed by atoms with Crippen LogP contribution in [0.15, 0.2) is 23.5 Å². The number of hydrogen-bond acceptors (Lipinski definition) is 3. The highest BCUT2D eigenvalue weighted by molar-refractivity contribution is 7.92. The Morgan fingerprint density at radius 3 is 2.42 bits per heavy atom. The van der Waals surface area contributed by atoms with Gasteiger partial charge in [0, 0.05) is 5.92 Å². The Bertz CT molecular complexity index is 790. The lowest BCUT2D eigenvalue weighted by atomic mass is 9.41. The predicted octanol–water partition coefficient (Wildman–Crippen LogP) is 5.05. The van der Waals surface area contributed by atoms with Crippen molar-refractivity contribution in [3.05, 3.63) is 23.5 Å². The molecule has 0 aromatic heterocycles. The predicted molar refractivity (Wildman–Crippen MR) is 106 cm³/mol. The largest absolute Gasteiger partial charge is 0.512 e. The second kappa shape index (κ2) is 5.40. The van der Waals surface area contributed by atoms with Gasteiger partial charge in [-0.1, -0.05) is 45.8 Å². The molecule has 0 bridgehead atoms. The van der Waals surface area contributed by atoms with Crippen molar-refractivity contribution in [2.75, 3.05) is 5.75 Å². The summed E-state index contributed by atoms with van der Waals surface area (Å²) in [6.07, 6.45) is 9.39. The first-order valence-electron chi connectivity index (χ1n) is 10.2. The van der Waals surface area contributed by atoms with Crippen molar-refractivity contribution >= 4 is 9.84 Å². The lowest BCUT2D eigenvalue weighted by molar-refractivity contribution is -0.140. The van der Waals surface area contributed by atoms with Gasteiger partial charge in [-0.2, -0.15) is 0 Å². The minimum atomic E-state index is -3.26. The molecule has 146 valence electrons. The Morgan fingerprint density at radius 1 is 1.04 bits per heavy atom. The van der Waals surface area contributed by atoms with Crippen molar-refractivity contribution < 1.29 is 13.5 Å². The quantitative estimate of drug-likeness (QED) is 0.642. The molecule has 3 nitrogen and oxygen atoms in total. The summed E-state index contributed by atoms with van der Waals surface area (Å²) in [6.45, 7) is 11.3. The summed E-state index contributed by atoms with van der Waals surface area (Å²) < 4.78 is 26.6. The molecule has 1 heterocycles. The minimum absolute atomic E-state index is 0.0449. The smallest absolute Gasteiger partial charge is 0.157 e. The summed E-state index contributed by atoms with van der Waals surface area (Å²) in [5.41, 5.74) is 1.04. The van der Waals surface area contributed by atoms with Gasteiger partial charge in [0.05, 0.1) is 16.8 Å². The Hall–Kier alpha value is -0.770. The molecule has 3 aliphatic carbocycles. The van der Waals surface area contributed by atoms with Gasteiger partial charge in [-0.25, -0.2) is 8.42 Å². The SMILES string of the molecule is CC1=CC2C(C(O)=C1)[C@]1(C)CC[C@H]3C(C)(C)CCC[C@]3(C)[C@H]1CS2(=O)=O. The second-order valence-corrected chi connectivity index (χ2v) is 13.0. The van der Waals surface area contributed by atoms with E-state index in [1.54, 1.807) is 6.08 Å². The molecule has 26 heavy (non-hydrogen) atoms. The van der Waals surface area contributed by atoms with E-state index in [-0.39, 0.29) is 33.8 Å². The third-order valence-corrected chi connectivity index (χ3v) is 10.8. The van der Waals surface area contributed by atoms with E-state index in [1.165, 1.54) is 12.8 Å². The fourth-order valence-electron chi connectivity index (χ4n) is 7.70. The van der Waals surface area contributed by atoms with Crippen molar-refractivity contribution in [2.24, 2.45) is 34.0 Å². The van der Waals surface area contributed by atoms with Gasteiger partial charge in [0.25, 0.3) is 0 Å². The molecular formula is C22H34O3S. The summed E-state index contributed by atoms with van der Waals surface area (Å²) in [4.78, 5) is 0. The maximum absolute atomic E-state index is 13.3. The Morgan fingerprint density at radius 2 is 1.73 bits per heavy atom. The minimum Gasteiger partial charge on any atom is -0.512 e. The Labute approximate surface area is 158 Å². The van der Waals surface area contributed by atoms with Crippen molar-refractivity contribution in [1.82, 2.24) is 0 Å². The molecule has 2 unspecified atom stereocenters. The average molecular weight is 379 g/mol. The van der Waals surface area contributed by atoms with E-state index in [4.69, 9.17) is 0 Å². The molecule has 0 aromatic rings. The molecule has 0 radical (unpaired) electrons. The molecule has 4 aliphatic rings. The van der Waals surface area contributed by atoms with Crippen LogP contribution in [0.2, 0.25) is 0 Å². The number of hydrogen-bond donors (Lipinski definition) is 1. The third kappa shape index (κ3) is 2.33. The number of allylic oxidation sites excluding steroid dienone is 3. The van der Waals surface area contributed by atoms with E-state index in [0.717, 1.165) is 24.8 Å². The van der Waals surface area contributed by atoms with Crippen LogP contribution in [0.4, 0.5) is 0 Å². The van der Waals surface area contributed by atoms with E-state index in [2.05, 4.69) is 27.7 Å². The molecule has 0 aromatic carbocycles. The maximum Gasteiger partial charge on any atom is 0.157 e. The van der Waals surface area contributed by atoms with Crippen LogP contribution in [0, 0.1) is 34.0 Å². The summed E-state index contributed by atoms with van der Waals surface area (Å²) in [7, 11) is -3.26. The van der Waals surface area contributed by atoms with Crippen LogP contribution in [0.3, 0.4) is 0 Å². The van der Waals surface area contributed by atoms with Crippen molar-refractivity contribution in [3.8, 4) is 0 Å². The molecule has 1 aliphatic heterocycles. The zero-order valence-corrected chi connectivity index (χ0v) is 17.7. The Balaban J connectivity index is 1.85. The van der Waals surface area contributed by atoms with Crippen LogP contribution in [-0.2, 0) is 9.84 Å². The lowest BCUT2D eigenvalue weighted by Gasteiger charge is -2.66. The van der Waals surface area contributed by atoms with Crippen LogP contribution < -0.4 is 0 Å². The maximum atomic E-state index is 13.3. The van der Waals surface area contributed by atoms with Gasteiger partial charge < -0.3 is 5.11 Å². The first-order chi connectivity index (χ1) is 11.9. The zero-order valence-electron chi connectivity index (χ0n) is 16.9. The van der Waals surface area contributed by atoms with Crippen LogP contribution in [0.25, 0.3) is 0 Å². The van der Waals surface area contributed by atoms with Crippen LogP contribution in [0.1, 0.15) is 66.7 Å². The van der Waals surface area contributed by atoms with Gasteiger partial charge >= 0.3 is 0 Å². The van der Waals surface area contributed by atoms with E-state index in [1.807, 2.05) is 13.0 Å². The molecule has 4 rings (SSSR count). The number of aliphatic hydroxyl groups excluding tert-OH is 1. The lowest BCUT2D eigenvalue weighted by Crippen LogP contribution is -2.64. The van der Waals surface area contributed by atoms with Gasteiger partial charge in [0.1, 0.15) is 0 Å². The molecule has 1 saturated heterocycles. The van der Waals surface area contributed by atoms with Crippen molar-refractivity contribution in [1.29, 1.82) is 0 Å². The molecule has 2 saturated carbocycles. The molecule has 1 N–H and O–H groups in total. The summed E-state index contributed by atoms with van der Waals surface area (Å²) in [5.74, 6) is 0.994. The van der Waals surface area contributed by atoms with Crippen LogP contribution in [-0.4, -0.2) is 24.5 Å². The molecule has 3 fully saturated rings. The fourth-order valence-corrected chi connectivity index (χ4v) is 10.4. The normalized spacial score (nSPS) is 49.1. The highest BCUT2D eigenvalue weighted by atomic mass is 32.2. The van der Waals surface area contributed by atoms with E-state index >= 15 is 0 Å². The molecule has 4 heteroatoms. The second-order valence-electron chi connectivity index (χ2n) is 10.7. The van der Waals surface area contributed by atoms with Crippen LogP contribution >= 0.6 is 0 Å². The van der Waals surface area contributed by atoms with Gasteiger partial charge in [0.2, 0.25) is 0 Å². The van der Waals surface area contributed by atoms with E-state index in [9.17, 15) is 13.5 Å².